The van der Waals surface area contributed by atoms with E-state index in [0.29, 0.717) is 6.54 Å². The largest absolute Gasteiger partial charge is 0.404 e. The summed E-state index contributed by atoms with van der Waals surface area (Å²) in [5.74, 6) is 0. The molecular formula is C5H10ClN3. The van der Waals surface area contributed by atoms with Gasteiger partial charge in [0.25, 0.3) is 0 Å². The van der Waals surface area contributed by atoms with E-state index in [1.807, 2.05) is 7.05 Å². The van der Waals surface area contributed by atoms with E-state index in [-0.39, 0.29) is 0 Å². The second-order valence-electron chi connectivity index (χ2n) is 1.50. The van der Waals surface area contributed by atoms with Crippen molar-refractivity contribution in [2.24, 2.45) is 10.2 Å². The summed E-state index contributed by atoms with van der Waals surface area (Å²) in [7, 11) is 1.82. The highest BCUT2D eigenvalue weighted by molar-refractivity contribution is 6.18. The number of likely N-dealkylation sites (N-methyl/N-ethyl adjacent to an activating group) is 1. The molecule has 0 atom stereocenters. The Kier molecular flexibility index (Phi) is 5.26. The molecule has 52 valence electrons. The Morgan fingerprint density at radius 3 is 2.89 bits per heavy atom. The smallest absolute Gasteiger partial charge is 0.0474 e. The second kappa shape index (κ2) is 5.59. The monoisotopic (exact) mass is 147 g/mol. The van der Waals surface area contributed by atoms with E-state index in [2.05, 4.69) is 9.83 Å². The van der Waals surface area contributed by atoms with E-state index in [1.165, 1.54) is 12.4 Å². The molecular weight excluding hydrogens is 138 g/mol. The maximum Gasteiger partial charge on any atom is 0.0474 e. The lowest BCUT2D eigenvalue weighted by Gasteiger charge is -1.94. The van der Waals surface area contributed by atoms with E-state index in [0.717, 1.165) is 5.57 Å². The van der Waals surface area contributed by atoms with Gasteiger partial charge in [-0.3, -0.25) is 0 Å². The Labute approximate surface area is 59.7 Å². The maximum absolute atomic E-state index is 5.19. The molecule has 0 aromatic heterocycles. The van der Waals surface area contributed by atoms with Crippen LogP contribution in [0, 0.1) is 0 Å². The Bertz CT molecular complexity index is 119. The van der Waals surface area contributed by atoms with Crippen LogP contribution in [0.1, 0.15) is 0 Å². The summed E-state index contributed by atoms with van der Waals surface area (Å²) in [6.07, 6.45) is 2.96. The average molecular weight is 148 g/mol. The molecule has 4 heteroatoms. The molecule has 0 amide bonds. The van der Waals surface area contributed by atoms with Crippen LogP contribution in [0.25, 0.3) is 0 Å². The number of nitrogens with zero attached hydrogens (tertiary/aromatic N) is 1. The molecule has 3 nitrogen and oxygen atoms in total. The van der Waals surface area contributed by atoms with Crippen molar-refractivity contribution < 1.29 is 0 Å². The van der Waals surface area contributed by atoms with Crippen molar-refractivity contribution in [3.8, 4) is 0 Å². The number of rotatable bonds is 3. The van der Waals surface area contributed by atoms with Crippen molar-refractivity contribution in [1.29, 1.82) is 0 Å². The molecule has 0 spiro atoms. The Morgan fingerprint density at radius 1 is 1.89 bits per heavy atom. The van der Waals surface area contributed by atoms with Gasteiger partial charge in [0.2, 0.25) is 0 Å². The highest BCUT2D eigenvalue weighted by Gasteiger charge is 1.86. The van der Waals surface area contributed by atoms with E-state index in [4.69, 9.17) is 17.5 Å². The van der Waals surface area contributed by atoms with Gasteiger partial charge in [-0.05, 0) is 13.2 Å². The summed E-state index contributed by atoms with van der Waals surface area (Å²) < 4.78 is 3.28. The van der Waals surface area contributed by atoms with Gasteiger partial charge < -0.3 is 11.1 Å². The van der Waals surface area contributed by atoms with E-state index in [1.54, 1.807) is 0 Å². The molecule has 0 aliphatic rings. The van der Waals surface area contributed by atoms with Gasteiger partial charge in [-0.2, -0.15) is 4.51 Å². The topological polar surface area (TPSA) is 50.4 Å². The minimum absolute atomic E-state index is 0.687. The third-order valence-corrected chi connectivity index (χ3v) is 0.907. The van der Waals surface area contributed by atoms with Gasteiger partial charge in [-0.25, -0.2) is 0 Å². The summed E-state index contributed by atoms with van der Waals surface area (Å²) >= 11 is 5.06. The van der Waals surface area contributed by atoms with Crippen LogP contribution >= 0.6 is 11.8 Å². The minimum atomic E-state index is 0.687. The van der Waals surface area contributed by atoms with Gasteiger partial charge in [-0.1, -0.05) is 0 Å². The summed E-state index contributed by atoms with van der Waals surface area (Å²) in [5, 5.41) is 2.91. The molecule has 3 N–H and O–H groups in total. The molecule has 0 rings (SSSR count). The Morgan fingerprint density at radius 2 is 2.56 bits per heavy atom. The van der Waals surface area contributed by atoms with Crippen molar-refractivity contribution in [2.45, 2.75) is 0 Å². The van der Waals surface area contributed by atoms with Crippen LogP contribution < -0.4 is 11.1 Å². The van der Waals surface area contributed by atoms with Gasteiger partial charge >= 0.3 is 0 Å². The van der Waals surface area contributed by atoms with Crippen LogP contribution in [0.15, 0.2) is 16.3 Å². The van der Waals surface area contributed by atoms with Crippen molar-refractivity contribution in [3.05, 3.63) is 11.8 Å². The fraction of sp³-hybridized carbons (Fsp3) is 0.400. The summed E-state index contributed by atoms with van der Waals surface area (Å²) in [6.45, 7) is 0.687. The lowest BCUT2D eigenvalue weighted by Crippen LogP contribution is -2.12. The minimum Gasteiger partial charge on any atom is -0.404 e. The maximum atomic E-state index is 5.19. The number of halogens is 1. The predicted octanol–water partition coefficient (Wildman–Crippen LogP) is 0.273. The molecule has 0 saturated heterocycles. The van der Waals surface area contributed by atoms with Crippen LogP contribution in [0.4, 0.5) is 0 Å². The average Bonchev–Trinajstić information content (AvgIpc) is 1.88. The molecule has 0 fully saturated rings. The third kappa shape index (κ3) is 4.00. The quantitative estimate of drug-likeness (QED) is 0.564. The van der Waals surface area contributed by atoms with Gasteiger partial charge in [0.05, 0.1) is 0 Å². The zero-order chi connectivity index (χ0) is 7.11. The normalized spacial score (nSPS) is 12.9. The van der Waals surface area contributed by atoms with Gasteiger partial charge in [0.15, 0.2) is 0 Å². The zero-order valence-corrected chi connectivity index (χ0v) is 6.02. The van der Waals surface area contributed by atoms with Crippen molar-refractivity contribution in [2.75, 3.05) is 13.6 Å². The number of hydrogen-bond donors (Lipinski definition) is 2. The van der Waals surface area contributed by atoms with Crippen LogP contribution in [-0.4, -0.2) is 19.8 Å². The first-order chi connectivity index (χ1) is 4.35. The Balaban J connectivity index is 3.70. The highest BCUT2D eigenvalue weighted by atomic mass is 35.5. The molecule has 0 aromatic carbocycles. The van der Waals surface area contributed by atoms with E-state index in [9.17, 15) is 0 Å². The first-order valence-electron chi connectivity index (χ1n) is 2.55. The molecule has 0 aromatic rings. The number of nitrogens with two attached hydrogens (primary N) is 1. The first kappa shape index (κ1) is 8.46. The van der Waals surface area contributed by atoms with Crippen LogP contribution in [-0.2, 0) is 0 Å². The molecule has 0 aliphatic heterocycles. The summed E-state index contributed by atoms with van der Waals surface area (Å²) in [6, 6.07) is 0. The molecule has 9 heavy (non-hydrogen) atoms. The molecule has 0 heterocycles. The van der Waals surface area contributed by atoms with Crippen molar-refractivity contribution >= 4 is 18.0 Å². The van der Waals surface area contributed by atoms with Crippen LogP contribution in [0.2, 0.25) is 0 Å². The van der Waals surface area contributed by atoms with Gasteiger partial charge in [-0.15, -0.1) is 0 Å². The van der Waals surface area contributed by atoms with Gasteiger partial charge in [0.1, 0.15) is 0 Å². The SMILES string of the molecule is CNCC(C=NCl)=CN. The van der Waals surface area contributed by atoms with E-state index < -0.39 is 0 Å². The molecule has 0 aliphatic carbocycles. The summed E-state index contributed by atoms with van der Waals surface area (Å²) in [4.78, 5) is 0. The molecule has 0 bridgehead atoms. The first-order valence-corrected chi connectivity index (χ1v) is 2.88. The lowest BCUT2D eigenvalue weighted by atomic mass is 10.3. The Hall–Kier alpha value is -0.540. The van der Waals surface area contributed by atoms with Crippen LogP contribution in [0.3, 0.4) is 0 Å². The standard InChI is InChI=1S/C5H10ClN3/c1-8-3-5(2-7)4-9-6/h2,4,8H,3,7H2,1H3. The fourth-order valence-electron chi connectivity index (χ4n) is 0.414. The third-order valence-electron chi connectivity index (χ3n) is 0.810. The fourth-order valence-corrected chi connectivity index (χ4v) is 0.540. The molecule has 0 unspecified atom stereocenters. The lowest BCUT2D eigenvalue weighted by molar-refractivity contribution is 0.903. The second-order valence-corrected chi connectivity index (χ2v) is 1.69. The molecule has 0 radical (unpaired) electrons. The number of hydrogen-bond acceptors (Lipinski definition) is 3. The predicted molar refractivity (Wildman–Crippen MR) is 40.5 cm³/mol. The number of nitrogens with one attached hydrogen (secondary N) is 1. The summed E-state index contributed by atoms with van der Waals surface area (Å²) in [5.41, 5.74) is 6.06. The zero-order valence-electron chi connectivity index (χ0n) is 5.26. The van der Waals surface area contributed by atoms with E-state index >= 15 is 0 Å². The van der Waals surface area contributed by atoms with Crippen molar-refractivity contribution in [1.82, 2.24) is 5.32 Å². The molecule has 0 saturated carbocycles. The van der Waals surface area contributed by atoms with Gasteiger partial charge in [0, 0.05) is 30.1 Å². The van der Waals surface area contributed by atoms with Crippen molar-refractivity contribution in [3.63, 3.8) is 0 Å². The van der Waals surface area contributed by atoms with Crippen LogP contribution in [0.5, 0.6) is 0 Å². The highest BCUT2D eigenvalue weighted by Crippen LogP contribution is 1.85.